The summed E-state index contributed by atoms with van der Waals surface area (Å²) in [6.07, 6.45) is 2.69. The molecule has 0 aliphatic carbocycles. The molecule has 1 atom stereocenters. The van der Waals surface area contributed by atoms with Gasteiger partial charge in [0.05, 0.1) is 19.0 Å². The zero-order valence-electron chi connectivity index (χ0n) is 19.3. The summed E-state index contributed by atoms with van der Waals surface area (Å²) in [7, 11) is 1.52. The average Bonchev–Trinajstić information content (AvgIpc) is 3.61. The molecule has 2 aromatic heterocycles. The Morgan fingerprint density at radius 1 is 1.11 bits per heavy atom. The fraction of sp³-hybridized carbons (Fsp3) is 0.292. The molecule has 36 heavy (non-hydrogen) atoms. The van der Waals surface area contributed by atoms with Gasteiger partial charge in [0.2, 0.25) is 17.7 Å². The standard InChI is InChI=1S/C24H21N7O5/c1-36-20-7-3-13-8-9-29(21(13)26-20)24(35)17-12-31(28-27-17)15-4-2-14-11-30(23(34)16(14)10-15)18-5-6-19(32)25-22(18)33/h2-4,7,10,12,18H,5-6,8-9,11H2,1H3,(H,25,32,33). The second-order valence-electron chi connectivity index (χ2n) is 8.83. The lowest BCUT2D eigenvalue weighted by Crippen LogP contribution is -2.52. The highest BCUT2D eigenvalue weighted by molar-refractivity contribution is 6.06. The number of piperidine rings is 1. The van der Waals surface area contributed by atoms with E-state index in [4.69, 9.17) is 4.74 Å². The number of methoxy groups -OCH3 is 1. The van der Waals surface area contributed by atoms with Gasteiger partial charge in [0.25, 0.3) is 11.8 Å². The van der Waals surface area contributed by atoms with Gasteiger partial charge in [-0.3, -0.25) is 29.4 Å². The maximum atomic E-state index is 13.2. The first-order valence-corrected chi connectivity index (χ1v) is 11.5. The maximum absolute atomic E-state index is 13.2. The van der Waals surface area contributed by atoms with Crippen LogP contribution < -0.4 is 15.0 Å². The highest BCUT2D eigenvalue weighted by atomic mass is 16.5. The Balaban J connectivity index is 1.23. The normalized spacial score (nSPS) is 18.8. The highest BCUT2D eigenvalue weighted by Gasteiger charge is 2.39. The molecule has 0 bridgehead atoms. The number of nitrogens with one attached hydrogen (secondary N) is 1. The van der Waals surface area contributed by atoms with Gasteiger partial charge >= 0.3 is 0 Å². The fourth-order valence-electron chi connectivity index (χ4n) is 4.85. The van der Waals surface area contributed by atoms with Gasteiger partial charge in [-0.1, -0.05) is 11.3 Å². The molecule has 1 unspecified atom stereocenters. The minimum Gasteiger partial charge on any atom is -0.481 e. The van der Waals surface area contributed by atoms with E-state index in [0.717, 1.165) is 11.1 Å². The van der Waals surface area contributed by atoms with Crippen molar-refractivity contribution in [3.8, 4) is 11.6 Å². The molecule has 3 aliphatic rings. The van der Waals surface area contributed by atoms with Crippen molar-refractivity contribution in [3.05, 3.63) is 58.9 Å². The van der Waals surface area contributed by atoms with Gasteiger partial charge in [-0.25, -0.2) is 4.68 Å². The lowest BCUT2D eigenvalue weighted by Gasteiger charge is -2.29. The van der Waals surface area contributed by atoms with Gasteiger partial charge < -0.3 is 9.64 Å². The molecular formula is C24H21N7O5. The number of carbonyl (C=O) groups is 4. The molecule has 1 saturated heterocycles. The Hall–Kier alpha value is -4.61. The number of pyridine rings is 1. The number of ether oxygens (including phenoxy) is 1. The summed E-state index contributed by atoms with van der Waals surface area (Å²) in [5, 5.41) is 10.4. The number of fused-ring (bicyclic) bond motifs is 2. The molecule has 3 aromatic rings. The van der Waals surface area contributed by atoms with Crippen molar-refractivity contribution in [1.82, 2.24) is 30.2 Å². The smallest absolute Gasteiger partial charge is 0.281 e. The third kappa shape index (κ3) is 3.49. The van der Waals surface area contributed by atoms with Crippen LogP contribution in [0.25, 0.3) is 5.69 Å². The zero-order valence-corrected chi connectivity index (χ0v) is 19.3. The molecule has 12 heteroatoms. The van der Waals surface area contributed by atoms with Gasteiger partial charge in [-0.15, -0.1) is 5.10 Å². The number of aromatic nitrogens is 4. The van der Waals surface area contributed by atoms with E-state index in [-0.39, 0.29) is 36.4 Å². The van der Waals surface area contributed by atoms with Crippen LogP contribution in [-0.2, 0) is 22.6 Å². The number of anilines is 1. The van der Waals surface area contributed by atoms with E-state index in [1.54, 1.807) is 29.2 Å². The predicted molar refractivity (Wildman–Crippen MR) is 124 cm³/mol. The molecule has 0 spiro atoms. The van der Waals surface area contributed by atoms with Gasteiger partial charge in [0.15, 0.2) is 5.69 Å². The van der Waals surface area contributed by atoms with Gasteiger partial charge in [-0.2, -0.15) is 4.98 Å². The van der Waals surface area contributed by atoms with Crippen LogP contribution in [0.2, 0.25) is 0 Å². The highest BCUT2D eigenvalue weighted by Crippen LogP contribution is 2.30. The minimum atomic E-state index is -0.683. The molecule has 1 aromatic carbocycles. The monoisotopic (exact) mass is 487 g/mol. The predicted octanol–water partition coefficient (Wildman–Crippen LogP) is 0.635. The average molecular weight is 487 g/mol. The number of hydrogen-bond acceptors (Lipinski definition) is 8. The molecule has 182 valence electrons. The quantitative estimate of drug-likeness (QED) is 0.529. The maximum Gasteiger partial charge on any atom is 0.281 e. The van der Waals surface area contributed by atoms with Crippen LogP contribution in [0.5, 0.6) is 5.88 Å². The second kappa shape index (κ2) is 8.26. The van der Waals surface area contributed by atoms with Crippen molar-refractivity contribution >= 4 is 29.4 Å². The number of hydrogen-bond donors (Lipinski definition) is 1. The van der Waals surface area contributed by atoms with E-state index in [2.05, 4.69) is 20.6 Å². The Labute approximate surface area is 204 Å². The van der Waals surface area contributed by atoms with E-state index in [0.29, 0.717) is 42.3 Å². The summed E-state index contributed by atoms with van der Waals surface area (Å²) < 4.78 is 6.62. The van der Waals surface area contributed by atoms with E-state index < -0.39 is 11.9 Å². The van der Waals surface area contributed by atoms with Crippen molar-refractivity contribution in [2.75, 3.05) is 18.6 Å². The Kier molecular flexibility index (Phi) is 5.02. The molecular weight excluding hydrogens is 466 g/mol. The first-order chi connectivity index (χ1) is 17.4. The lowest BCUT2D eigenvalue weighted by atomic mass is 10.0. The second-order valence-corrected chi connectivity index (χ2v) is 8.83. The fourth-order valence-corrected chi connectivity index (χ4v) is 4.85. The first-order valence-electron chi connectivity index (χ1n) is 11.5. The van der Waals surface area contributed by atoms with Crippen molar-refractivity contribution in [1.29, 1.82) is 0 Å². The zero-order chi connectivity index (χ0) is 25.0. The summed E-state index contributed by atoms with van der Waals surface area (Å²) in [5.41, 5.74) is 2.88. The third-order valence-electron chi connectivity index (χ3n) is 6.73. The van der Waals surface area contributed by atoms with E-state index >= 15 is 0 Å². The summed E-state index contributed by atoms with van der Waals surface area (Å²) in [4.78, 5) is 57.5. The van der Waals surface area contributed by atoms with E-state index in [1.807, 2.05) is 6.07 Å². The number of carbonyl (C=O) groups excluding carboxylic acids is 4. The van der Waals surface area contributed by atoms with Crippen LogP contribution in [-0.4, -0.2) is 68.2 Å². The molecule has 0 saturated carbocycles. The van der Waals surface area contributed by atoms with Crippen molar-refractivity contribution in [2.24, 2.45) is 0 Å². The largest absolute Gasteiger partial charge is 0.481 e. The molecule has 0 radical (unpaired) electrons. The van der Waals surface area contributed by atoms with Crippen molar-refractivity contribution in [2.45, 2.75) is 31.8 Å². The number of rotatable bonds is 4. The summed E-state index contributed by atoms with van der Waals surface area (Å²) in [5.74, 6) is -0.431. The van der Waals surface area contributed by atoms with Crippen molar-refractivity contribution in [3.63, 3.8) is 0 Å². The molecule has 1 fully saturated rings. The molecule has 4 amide bonds. The third-order valence-corrected chi connectivity index (χ3v) is 6.73. The van der Waals surface area contributed by atoms with Crippen LogP contribution in [0.4, 0.5) is 5.82 Å². The van der Waals surface area contributed by atoms with Crippen LogP contribution in [0.1, 0.15) is 44.8 Å². The SMILES string of the molecule is COc1ccc2c(n1)N(C(=O)c1cn(-c3ccc4c(c3)C(=O)N(C3CCC(=O)NC3=O)C4)nn1)CC2. The molecule has 1 N–H and O–H groups in total. The number of amides is 4. The topological polar surface area (TPSA) is 140 Å². The van der Waals surface area contributed by atoms with Crippen LogP contribution in [0.15, 0.2) is 36.5 Å². The van der Waals surface area contributed by atoms with Crippen LogP contribution in [0, 0.1) is 0 Å². The Bertz CT molecular complexity index is 1450. The number of imide groups is 1. The molecule has 3 aliphatic heterocycles. The first kappa shape index (κ1) is 21.9. The summed E-state index contributed by atoms with van der Waals surface area (Å²) in [6.45, 7) is 0.761. The van der Waals surface area contributed by atoms with Crippen LogP contribution in [0.3, 0.4) is 0 Å². The van der Waals surface area contributed by atoms with E-state index in [1.165, 1.54) is 22.9 Å². The van der Waals surface area contributed by atoms with Gasteiger partial charge in [0.1, 0.15) is 11.9 Å². The Morgan fingerprint density at radius 3 is 2.75 bits per heavy atom. The van der Waals surface area contributed by atoms with Crippen LogP contribution >= 0.6 is 0 Å². The van der Waals surface area contributed by atoms with E-state index in [9.17, 15) is 19.2 Å². The number of nitrogens with zero attached hydrogens (tertiary/aromatic N) is 6. The minimum absolute atomic E-state index is 0.143. The lowest BCUT2D eigenvalue weighted by molar-refractivity contribution is -0.136. The molecule has 12 nitrogen and oxygen atoms in total. The Morgan fingerprint density at radius 2 is 1.94 bits per heavy atom. The van der Waals surface area contributed by atoms with Gasteiger partial charge in [-0.05, 0) is 42.2 Å². The van der Waals surface area contributed by atoms with Crippen molar-refractivity contribution < 1.29 is 23.9 Å². The molecule has 5 heterocycles. The van der Waals surface area contributed by atoms with Gasteiger partial charge in [0, 0.05) is 31.1 Å². The number of benzene rings is 1. The summed E-state index contributed by atoms with van der Waals surface area (Å²) >= 11 is 0. The summed E-state index contributed by atoms with van der Waals surface area (Å²) in [6, 6.07) is 8.22. The molecule has 6 rings (SSSR count).